The number of rotatable bonds is 3. The van der Waals surface area contributed by atoms with E-state index in [4.69, 9.17) is 6.42 Å². The lowest BCUT2D eigenvalue weighted by atomic mass is 10.2. The van der Waals surface area contributed by atoms with Crippen molar-refractivity contribution in [1.82, 2.24) is 5.32 Å². The van der Waals surface area contributed by atoms with E-state index in [9.17, 15) is 13.6 Å². The number of hydrogen-bond acceptors (Lipinski definition) is 1. The van der Waals surface area contributed by atoms with Gasteiger partial charge in [0, 0.05) is 13.0 Å². The largest absolute Gasteiger partial charge is 0.351 e. The molecule has 1 N–H and O–H groups in total. The van der Waals surface area contributed by atoms with Crippen LogP contribution in [0.1, 0.15) is 16.8 Å². The second-order valence-corrected chi connectivity index (χ2v) is 2.83. The molecule has 1 amide bonds. The molecule has 0 radical (unpaired) electrons. The first-order valence-corrected chi connectivity index (χ1v) is 4.32. The number of halogens is 2. The third-order valence-electron chi connectivity index (χ3n) is 1.73. The van der Waals surface area contributed by atoms with Gasteiger partial charge in [-0.15, -0.1) is 12.3 Å². The number of terminal acetylenes is 1. The van der Waals surface area contributed by atoms with Gasteiger partial charge in [0.25, 0.3) is 5.91 Å². The molecule has 0 saturated carbocycles. The highest BCUT2D eigenvalue weighted by Gasteiger charge is 2.11. The van der Waals surface area contributed by atoms with Gasteiger partial charge in [-0.1, -0.05) is 0 Å². The van der Waals surface area contributed by atoms with Crippen LogP contribution in [0.25, 0.3) is 0 Å². The standard InChI is InChI=1S/C11H9F2NO/c1-2-3-6-14-11(15)9-7-8(12)4-5-10(9)13/h1,4-5,7H,3,6H2,(H,14,15). The zero-order chi connectivity index (χ0) is 11.3. The number of hydrogen-bond donors (Lipinski definition) is 1. The molecule has 0 aliphatic heterocycles. The molecule has 1 aromatic rings. The van der Waals surface area contributed by atoms with Crippen molar-refractivity contribution in [2.45, 2.75) is 6.42 Å². The van der Waals surface area contributed by atoms with E-state index in [1.807, 2.05) is 0 Å². The monoisotopic (exact) mass is 209 g/mol. The number of carbonyl (C=O) groups excluding carboxylic acids is 1. The van der Waals surface area contributed by atoms with Crippen LogP contribution in [-0.4, -0.2) is 12.5 Å². The third kappa shape index (κ3) is 3.06. The molecule has 0 unspecified atom stereocenters. The Bertz CT molecular complexity index is 410. The summed E-state index contributed by atoms with van der Waals surface area (Å²) < 4.78 is 25.8. The summed E-state index contributed by atoms with van der Waals surface area (Å²) in [5.41, 5.74) is -0.313. The van der Waals surface area contributed by atoms with E-state index in [1.165, 1.54) is 0 Å². The first-order valence-electron chi connectivity index (χ1n) is 4.32. The second-order valence-electron chi connectivity index (χ2n) is 2.83. The number of amides is 1. The zero-order valence-corrected chi connectivity index (χ0v) is 7.89. The maximum absolute atomic E-state index is 13.1. The molecular formula is C11H9F2NO. The van der Waals surface area contributed by atoms with Crippen LogP contribution < -0.4 is 5.32 Å². The maximum atomic E-state index is 13.1. The first-order chi connectivity index (χ1) is 7.15. The molecule has 1 aromatic carbocycles. The molecule has 0 aliphatic carbocycles. The topological polar surface area (TPSA) is 29.1 Å². The molecule has 15 heavy (non-hydrogen) atoms. The molecule has 0 atom stereocenters. The van der Waals surface area contributed by atoms with E-state index in [0.29, 0.717) is 6.42 Å². The van der Waals surface area contributed by atoms with Gasteiger partial charge in [0.05, 0.1) is 5.56 Å². The van der Waals surface area contributed by atoms with Crippen molar-refractivity contribution in [1.29, 1.82) is 0 Å². The number of nitrogens with one attached hydrogen (secondary N) is 1. The van der Waals surface area contributed by atoms with Gasteiger partial charge in [-0.05, 0) is 18.2 Å². The summed E-state index contributed by atoms with van der Waals surface area (Å²) >= 11 is 0. The van der Waals surface area contributed by atoms with Gasteiger partial charge in [-0.3, -0.25) is 4.79 Å². The minimum Gasteiger partial charge on any atom is -0.351 e. The molecular weight excluding hydrogens is 200 g/mol. The highest BCUT2D eigenvalue weighted by Crippen LogP contribution is 2.09. The lowest BCUT2D eigenvalue weighted by Crippen LogP contribution is -2.25. The smallest absolute Gasteiger partial charge is 0.254 e. The highest BCUT2D eigenvalue weighted by atomic mass is 19.1. The summed E-state index contributed by atoms with van der Waals surface area (Å²) in [6, 6.07) is 2.71. The van der Waals surface area contributed by atoms with Gasteiger partial charge in [-0.25, -0.2) is 8.78 Å². The van der Waals surface area contributed by atoms with Crippen LogP contribution in [-0.2, 0) is 0 Å². The van der Waals surface area contributed by atoms with Crippen molar-refractivity contribution in [3.05, 3.63) is 35.4 Å². The van der Waals surface area contributed by atoms with Crippen LogP contribution in [0, 0.1) is 24.0 Å². The Kier molecular flexibility index (Phi) is 3.81. The minimum atomic E-state index is -0.755. The second kappa shape index (κ2) is 5.11. The van der Waals surface area contributed by atoms with E-state index in [-0.39, 0.29) is 12.1 Å². The van der Waals surface area contributed by atoms with Crippen molar-refractivity contribution in [2.24, 2.45) is 0 Å². The molecule has 0 saturated heterocycles. The molecule has 78 valence electrons. The fraction of sp³-hybridized carbons (Fsp3) is 0.182. The van der Waals surface area contributed by atoms with E-state index in [2.05, 4.69) is 11.2 Å². The van der Waals surface area contributed by atoms with E-state index >= 15 is 0 Å². The quantitative estimate of drug-likeness (QED) is 0.596. The average Bonchev–Trinajstić information content (AvgIpc) is 2.22. The minimum absolute atomic E-state index is 0.241. The number of benzene rings is 1. The van der Waals surface area contributed by atoms with Crippen LogP contribution >= 0.6 is 0 Å². The van der Waals surface area contributed by atoms with Crippen LogP contribution in [0.5, 0.6) is 0 Å². The Morgan fingerprint density at radius 2 is 2.20 bits per heavy atom. The zero-order valence-electron chi connectivity index (χ0n) is 7.89. The van der Waals surface area contributed by atoms with Gasteiger partial charge >= 0.3 is 0 Å². The molecule has 0 aromatic heterocycles. The van der Waals surface area contributed by atoms with Crippen molar-refractivity contribution in [3.8, 4) is 12.3 Å². The molecule has 0 aliphatic rings. The Hall–Kier alpha value is -1.89. The van der Waals surface area contributed by atoms with Crippen LogP contribution in [0.4, 0.5) is 8.78 Å². The lowest BCUT2D eigenvalue weighted by Gasteiger charge is -2.04. The molecule has 0 heterocycles. The molecule has 0 bridgehead atoms. The van der Waals surface area contributed by atoms with E-state index in [1.54, 1.807) is 0 Å². The number of carbonyl (C=O) groups is 1. The van der Waals surface area contributed by atoms with Gasteiger partial charge in [0.2, 0.25) is 0 Å². The van der Waals surface area contributed by atoms with Crippen LogP contribution in [0.3, 0.4) is 0 Å². The summed E-state index contributed by atoms with van der Waals surface area (Å²) in [5, 5.41) is 2.38. The van der Waals surface area contributed by atoms with E-state index < -0.39 is 17.5 Å². The first kappa shape index (κ1) is 11.2. The summed E-state index contributed by atoms with van der Waals surface area (Å²) in [4.78, 5) is 11.3. The Morgan fingerprint density at radius 3 is 2.87 bits per heavy atom. The van der Waals surface area contributed by atoms with Crippen molar-refractivity contribution < 1.29 is 13.6 Å². The third-order valence-corrected chi connectivity index (χ3v) is 1.73. The fourth-order valence-electron chi connectivity index (χ4n) is 1.01. The molecule has 0 fully saturated rings. The summed E-state index contributed by atoms with van der Waals surface area (Å²) in [6.07, 6.45) is 5.32. The highest BCUT2D eigenvalue weighted by molar-refractivity contribution is 5.94. The van der Waals surface area contributed by atoms with Gasteiger partial charge in [0.1, 0.15) is 11.6 Å². The fourth-order valence-corrected chi connectivity index (χ4v) is 1.01. The predicted molar refractivity (Wildman–Crippen MR) is 52.1 cm³/mol. The van der Waals surface area contributed by atoms with E-state index in [0.717, 1.165) is 18.2 Å². The summed E-state index contributed by atoms with van der Waals surface area (Å²) in [6.45, 7) is 0.241. The average molecular weight is 209 g/mol. The van der Waals surface area contributed by atoms with Crippen molar-refractivity contribution in [2.75, 3.05) is 6.54 Å². The van der Waals surface area contributed by atoms with Gasteiger partial charge in [0.15, 0.2) is 0 Å². The molecule has 4 heteroatoms. The Balaban J connectivity index is 2.73. The molecule has 2 nitrogen and oxygen atoms in total. The summed E-state index contributed by atoms with van der Waals surface area (Å²) in [5.74, 6) is 0.244. The SMILES string of the molecule is C#CCCNC(=O)c1cc(F)ccc1F. The van der Waals surface area contributed by atoms with Crippen LogP contribution in [0.15, 0.2) is 18.2 Å². The summed E-state index contributed by atoms with van der Waals surface area (Å²) in [7, 11) is 0. The maximum Gasteiger partial charge on any atom is 0.254 e. The Labute approximate surface area is 86.3 Å². The van der Waals surface area contributed by atoms with Gasteiger partial charge in [-0.2, -0.15) is 0 Å². The molecule has 1 rings (SSSR count). The van der Waals surface area contributed by atoms with Gasteiger partial charge < -0.3 is 5.32 Å². The molecule has 0 spiro atoms. The van der Waals surface area contributed by atoms with Crippen LogP contribution in [0.2, 0.25) is 0 Å². The lowest BCUT2D eigenvalue weighted by molar-refractivity contribution is 0.0950. The normalized spacial score (nSPS) is 9.40. The predicted octanol–water partition coefficient (Wildman–Crippen LogP) is 1.72. The van der Waals surface area contributed by atoms with Crippen molar-refractivity contribution in [3.63, 3.8) is 0 Å². The van der Waals surface area contributed by atoms with Crippen molar-refractivity contribution >= 4 is 5.91 Å². The Morgan fingerprint density at radius 1 is 1.47 bits per heavy atom.